The van der Waals surface area contributed by atoms with Crippen LogP contribution in [-0.2, 0) is 29.2 Å². The first-order valence-electron chi connectivity index (χ1n) is 14.0. The lowest BCUT2D eigenvalue weighted by Gasteiger charge is -2.37. The van der Waals surface area contributed by atoms with Gasteiger partial charge in [-0.2, -0.15) is 0 Å². The molecule has 3 saturated heterocycles. The predicted octanol–water partition coefficient (Wildman–Crippen LogP) is 1.80. The third-order valence-electron chi connectivity index (χ3n) is 8.47. The van der Waals surface area contributed by atoms with Gasteiger partial charge in [0.25, 0.3) is 10.0 Å². The van der Waals surface area contributed by atoms with Gasteiger partial charge in [0.15, 0.2) is 0 Å². The van der Waals surface area contributed by atoms with E-state index in [0.29, 0.717) is 21.4 Å². The van der Waals surface area contributed by atoms with E-state index in [1.807, 2.05) is 4.90 Å². The minimum Gasteiger partial charge on any atom is -0.355 e. The lowest BCUT2D eigenvalue weighted by Crippen LogP contribution is -2.54. The van der Waals surface area contributed by atoms with E-state index in [9.17, 15) is 22.8 Å². The van der Waals surface area contributed by atoms with Gasteiger partial charge in [-0.3, -0.25) is 19.3 Å². The highest BCUT2D eigenvalue weighted by molar-refractivity contribution is 7.89. The van der Waals surface area contributed by atoms with Crippen LogP contribution in [0.5, 0.6) is 0 Å². The summed E-state index contributed by atoms with van der Waals surface area (Å²) in [5.74, 6) is -0.715. The highest BCUT2D eigenvalue weighted by Gasteiger charge is 2.47. The number of hydroxylamine groups is 1. The molecular weight excluding hydrogens is 570 g/mol. The van der Waals surface area contributed by atoms with Crippen LogP contribution in [0.1, 0.15) is 26.2 Å². The van der Waals surface area contributed by atoms with Crippen LogP contribution in [-0.4, -0.2) is 122 Å². The van der Waals surface area contributed by atoms with Gasteiger partial charge in [-0.15, -0.1) is 0 Å². The first kappa shape index (κ1) is 29.7. The number of hydrogen-bond donors (Lipinski definition) is 0. The normalized spacial score (nSPS) is 23.5. The molecule has 0 N–H and O–H groups in total. The summed E-state index contributed by atoms with van der Waals surface area (Å²) in [6.45, 7) is 7.20. The first-order valence-corrected chi connectivity index (χ1v) is 15.8. The number of benzene rings is 2. The largest absolute Gasteiger partial charge is 0.355 e. The molecule has 3 aliphatic rings. The van der Waals surface area contributed by atoms with Crippen molar-refractivity contribution in [1.29, 1.82) is 0 Å². The quantitative estimate of drug-likeness (QED) is 0.314. The summed E-state index contributed by atoms with van der Waals surface area (Å²) < 4.78 is 27.7. The molecule has 0 aliphatic carbocycles. The second-order valence-corrected chi connectivity index (χ2v) is 13.3. The molecule has 3 atom stereocenters. The Morgan fingerprint density at radius 2 is 1.78 bits per heavy atom. The lowest BCUT2D eigenvalue weighted by atomic mass is 10.1. The molecule has 1 unspecified atom stereocenters. The maximum atomic E-state index is 13.6. The SMILES string of the molecule is C[C@@H](C(=O)N1CCCC1CN1CCN(C)CC1)N1CC[C@H](N(OC=O)S(=O)(=O)c2ccc3cc(Cl)ccc3c2)C1=O. The third kappa shape index (κ3) is 6.07. The van der Waals surface area contributed by atoms with Crippen molar-refractivity contribution in [2.24, 2.45) is 0 Å². The monoisotopic (exact) mass is 605 g/mol. The number of carbonyl (C=O) groups excluding carboxylic acids is 3. The molecular formula is C28H36ClN5O6S. The topological polar surface area (TPSA) is 111 Å². The molecule has 0 aromatic heterocycles. The molecule has 2 amide bonds. The van der Waals surface area contributed by atoms with Gasteiger partial charge in [-0.05, 0) is 72.7 Å². The molecule has 13 heteroatoms. The van der Waals surface area contributed by atoms with Crippen LogP contribution >= 0.6 is 11.6 Å². The number of hydrogen-bond acceptors (Lipinski definition) is 8. The van der Waals surface area contributed by atoms with Crippen LogP contribution in [0.3, 0.4) is 0 Å². The molecule has 0 saturated carbocycles. The molecule has 2 aromatic rings. The highest BCUT2D eigenvalue weighted by atomic mass is 35.5. The van der Waals surface area contributed by atoms with Crippen LogP contribution in [0.25, 0.3) is 10.8 Å². The van der Waals surface area contributed by atoms with Gasteiger partial charge >= 0.3 is 6.47 Å². The number of likely N-dealkylation sites (tertiary alicyclic amines) is 2. The number of carbonyl (C=O) groups is 3. The summed E-state index contributed by atoms with van der Waals surface area (Å²) in [6, 6.07) is 7.50. The minimum atomic E-state index is -4.40. The number of likely N-dealkylation sites (N-methyl/N-ethyl adjacent to an activating group) is 1. The molecule has 5 rings (SSSR count). The number of nitrogens with zero attached hydrogens (tertiary/aromatic N) is 5. The van der Waals surface area contributed by atoms with Crippen LogP contribution < -0.4 is 0 Å². The van der Waals surface area contributed by atoms with E-state index in [1.54, 1.807) is 31.2 Å². The molecule has 0 spiro atoms. The van der Waals surface area contributed by atoms with Gasteiger partial charge in [0.1, 0.15) is 12.1 Å². The van der Waals surface area contributed by atoms with Gasteiger partial charge in [0.2, 0.25) is 11.8 Å². The van der Waals surface area contributed by atoms with Crippen molar-refractivity contribution in [3.63, 3.8) is 0 Å². The van der Waals surface area contributed by atoms with Crippen LogP contribution in [0.4, 0.5) is 0 Å². The standard InChI is InChI=1S/C28H36ClN5O6S/c1-20(27(36)33-10-3-4-24(33)18-31-14-12-30(2)13-15-31)32-11-9-26(28(32)37)34(40-19-35)41(38,39)25-8-6-21-16-23(29)7-5-22(21)17-25/h5-8,16-17,19-20,24,26H,3-4,9-15,18H2,1-2H3/t20-,24?,26-/m0/s1. The van der Waals surface area contributed by atoms with Crippen molar-refractivity contribution in [3.05, 3.63) is 41.4 Å². The molecule has 3 heterocycles. The average molecular weight is 606 g/mol. The fraction of sp³-hybridized carbons (Fsp3) is 0.536. The van der Waals surface area contributed by atoms with Crippen molar-refractivity contribution >= 4 is 50.7 Å². The Morgan fingerprint density at radius 3 is 2.51 bits per heavy atom. The summed E-state index contributed by atoms with van der Waals surface area (Å²) in [7, 11) is -2.29. The maximum absolute atomic E-state index is 13.6. The third-order valence-corrected chi connectivity index (χ3v) is 10.4. The second-order valence-electron chi connectivity index (χ2n) is 11.1. The summed E-state index contributed by atoms with van der Waals surface area (Å²) in [4.78, 5) is 51.3. The number of rotatable bonds is 9. The molecule has 11 nitrogen and oxygen atoms in total. The van der Waals surface area contributed by atoms with E-state index in [0.717, 1.165) is 51.0 Å². The fourth-order valence-electron chi connectivity index (χ4n) is 6.08. The van der Waals surface area contributed by atoms with E-state index in [1.165, 1.54) is 17.0 Å². The summed E-state index contributed by atoms with van der Waals surface area (Å²) >= 11 is 6.04. The number of amides is 2. The molecule has 3 fully saturated rings. The zero-order valence-corrected chi connectivity index (χ0v) is 24.9. The molecule has 222 valence electrons. The highest BCUT2D eigenvalue weighted by Crippen LogP contribution is 2.30. The van der Waals surface area contributed by atoms with E-state index in [2.05, 4.69) is 16.8 Å². The number of piperazine rings is 1. The molecule has 2 aromatic carbocycles. The Bertz CT molecular complexity index is 1420. The molecule has 0 radical (unpaired) electrons. The minimum absolute atomic E-state index is 0.00389. The van der Waals surface area contributed by atoms with Crippen LogP contribution in [0.2, 0.25) is 5.02 Å². The van der Waals surface area contributed by atoms with Gasteiger partial charge in [0.05, 0.1) is 4.90 Å². The Morgan fingerprint density at radius 1 is 1.07 bits per heavy atom. The smallest absolute Gasteiger partial charge is 0.314 e. The number of halogens is 1. The Labute approximate surface area is 245 Å². The summed E-state index contributed by atoms with van der Waals surface area (Å²) in [5, 5.41) is 1.87. The Balaban J connectivity index is 1.30. The van der Waals surface area contributed by atoms with E-state index in [4.69, 9.17) is 16.4 Å². The Hall–Kier alpha value is -2.77. The van der Waals surface area contributed by atoms with Crippen molar-refractivity contribution in [2.45, 2.75) is 49.2 Å². The fourth-order valence-corrected chi connectivity index (χ4v) is 7.67. The van der Waals surface area contributed by atoms with Gasteiger partial charge < -0.3 is 19.5 Å². The van der Waals surface area contributed by atoms with Crippen molar-refractivity contribution < 1.29 is 27.6 Å². The summed E-state index contributed by atoms with van der Waals surface area (Å²) in [6.07, 6.45) is 1.90. The summed E-state index contributed by atoms with van der Waals surface area (Å²) in [5.41, 5.74) is 0. The zero-order valence-electron chi connectivity index (χ0n) is 23.3. The lowest BCUT2D eigenvalue weighted by molar-refractivity contribution is -0.163. The zero-order chi connectivity index (χ0) is 29.3. The van der Waals surface area contributed by atoms with Crippen molar-refractivity contribution in [3.8, 4) is 0 Å². The van der Waals surface area contributed by atoms with E-state index >= 15 is 0 Å². The van der Waals surface area contributed by atoms with Crippen LogP contribution in [0, 0.1) is 0 Å². The van der Waals surface area contributed by atoms with E-state index in [-0.39, 0.29) is 36.3 Å². The maximum Gasteiger partial charge on any atom is 0.314 e. The van der Waals surface area contributed by atoms with Gasteiger partial charge in [-0.1, -0.05) is 23.7 Å². The number of sulfonamides is 1. The average Bonchev–Trinajstić information content (AvgIpc) is 3.58. The number of fused-ring (bicyclic) bond motifs is 1. The molecule has 3 aliphatic heterocycles. The van der Waals surface area contributed by atoms with E-state index < -0.39 is 28.0 Å². The second kappa shape index (κ2) is 12.2. The molecule has 41 heavy (non-hydrogen) atoms. The van der Waals surface area contributed by atoms with Crippen molar-refractivity contribution in [1.82, 2.24) is 24.1 Å². The molecule has 0 bridgehead atoms. The van der Waals surface area contributed by atoms with Gasteiger partial charge in [0, 0.05) is 56.9 Å². The predicted molar refractivity (Wildman–Crippen MR) is 153 cm³/mol. The van der Waals surface area contributed by atoms with Crippen molar-refractivity contribution in [2.75, 3.05) is 52.9 Å². The first-order chi connectivity index (χ1) is 19.6. The Kier molecular flexibility index (Phi) is 8.86. The van der Waals surface area contributed by atoms with Crippen LogP contribution in [0.15, 0.2) is 41.3 Å². The van der Waals surface area contributed by atoms with Gasteiger partial charge in [-0.25, -0.2) is 8.42 Å².